The van der Waals surface area contributed by atoms with Crippen LogP contribution in [0, 0.1) is 5.82 Å². The lowest BCUT2D eigenvalue weighted by Gasteiger charge is -2.09. The number of carbonyl (C=O) groups is 2. The predicted molar refractivity (Wildman–Crippen MR) is 128 cm³/mol. The number of ether oxygens (including phenoxy) is 1. The fourth-order valence-corrected chi connectivity index (χ4v) is 5.04. The van der Waals surface area contributed by atoms with E-state index in [9.17, 15) is 14.0 Å². The smallest absolute Gasteiger partial charge is 0.341 e. The van der Waals surface area contributed by atoms with Gasteiger partial charge in [-0.2, -0.15) is 0 Å². The van der Waals surface area contributed by atoms with E-state index in [1.807, 2.05) is 11.5 Å². The zero-order valence-electron chi connectivity index (χ0n) is 18.4. The number of hydrogen-bond acceptors (Lipinski definition) is 8. The third-order valence-corrected chi connectivity index (χ3v) is 6.69. The lowest BCUT2D eigenvalue weighted by molar-refractivity contribution is -0.113. The van der Waals surface area contributed by atoms with E-state index in [0.717, 1.165) is 6.42 Å². The standard InChI is InChI=1S/C23H21FN4O4S2/c1-3-10-28-20(17-5-4-11-32-17)26-27-23(28)34-13-18(29)25-21-19(22(30)31-2)16(12-33-21)14-6-8-15(24)9-7-14/h4-9,11-12H,3,10,13H2,1-2H3,(H,25,29). The first-order valence-corrected chi connectivity index (χ1v) is 12.2. The Balaban J connectivity index is 1.51. The highest BCUT2D eigenvalue weighted by Gasteiger charge is 2.23. The second kappa shape index (κ2) is 10.7. The van der Waals surface area contributed by atoms with Gasteiger partial charge in [-0.15, -0.1) is 21.5 Å². The van der Waals surface area contributed by atoms with Gasteiger partial charge in [0.25, 0.3) is 0 Å². The van der Waals surface area contributed by atoms with Crippen molar-refractivity contribution in [2.45, 2.75) is 25.0 Å². The fourth-order valence-electron chi connectivity index (χ4n) is 3.30. The summed E-state index contributed by atoms with van der Waals surface area (Å²) in [6.07, 6.45) is 2.43. The van der Waals surface area contributed by atoms with E-state index in [4.69, 9.17) is 9.15 Å². The van der Waals surface area contributed by atoms with E-state index in [2.05, 4.69) is 15.5 Å². The predicted octanol–water partition coefficient (Wildman–Crippen LogP) is 5.33. The minimum absolute atomic E-state index is 0.0599. The Hall–Kier alpha value is -3.44. The third-order valence-electron chi connectivity index (χ3n) is 4.83. The van der Waals surface area contributed by atoms with Gasteiger partial charge < -0.3 is 14.5 Å². The van der Waals surface area contributed by atoms with Gasteiger partial charge in [0.1, 0.15) is 16.4 Å². The molecular formula is C23H21FN4O4S2. The molecule has 34 heavy (non-hydrogen) atoms. The molecule has 11 heteroatoms. The minimum atomic E-state index is -0.589. The average Bonchev–Trinajstić information content (AvgIpc) is 3.58. The number of methoxy groups -OCH3 is 1. The highest BCUT2D eigenvalue weighted by atomic mass is 32.2. The van der Waals surface area contributed by atoms with E-state index in [1.165, 1.54) is 42.3 Å². The van der Waals surface area contributed by atoms with Crippen molar-refractivity contribution in [1.82, 2.24) is 14.8 Å². The molecule has 8 nitrogen and oxygen atoms in total. The van der Waals surface area contributed by atoms with Crippen molar-refractivity contribution in [2.75, 3.05) is 18.2 Å². The van der Waals surface area contributed by atoms with E-state index < -0.39 is 5.97 Å². The molecule has 0 unspecified atom stereocenters. The molecule has 1 amide bonds. The molecule has 3 aromatic heterocycles. The zero-order chi connectivity index (χ0) is 24.1. The van der Waals surface area contributed by atoms with Gasteiger partial charge in [0, 0.05) is 17.5 Å². The summed E-state index contributed by atoms with van der Waals surface area (Å²) < 4.78 is 25.6. The molecule has 1 aromatic carbocycles. The lowest BCUT2D eigenvalue weighted by Crippen LogP contribution is -2.16. The van der Waals surface area contributed by atoms with Gasteiger partial charge >= 0.3 is 5.97 Å². The number of amides is 1. The fraction of sp³-hybridized carbons (Fsp3) is 0.217. The molecular weight excluding hydrogens is 479 g/mol. The van der Waals surface area contributed by atoms with Gasteiger partial charge in [0.15, 0.2) is 16.7 Å². The summed E-state index contributed by atoms with van der Waals surface area (Å²) in [5.41, 5.74) is 1.43. The Bertz CT molecular complexity index is 1280. The quantitative estimate of drug-likeness (QED) is 0.245. The molecule has 4 rings (SSSR count). The number of esters is 1. The second-order valence-electron chi connectivity index (χ2n) is 7.12. The molecule has 0 aliphatic rings. The topological polar surface area (TPSA) is 99.2 Å². The summed E-state index contributed by atoms with van der Waals surface area (Å²) in [7, 11) is 1.27. The average molecular weight is 501 g/mol. The number of thiophene rings is 1. The zero-order valence-corrected chi connectivity index (χ0v) is 20.0. The van der Waals surface area contributed by atoms with Gasteiger partial charge in [-0.25, -0.2) is 9.18 Å². The van der Waals surface area contributed by atoms with Crippen molar-refractivity contribution < 1.29 is 23.1 Å². The number of carbonyl (C=O) groups excluding carboxylic acids is 2. The Morgan fingerprint density at radius 3 is 2.71 bits per heavy atom. The molecule has 0 spiro atoms. The van der Waals surface area contributed by atoms with Crippen LogP contribution in [-0.4, -0.2) is 39.5 Å². The molecule has 0 aliphatic heterocycles. The lowest BCUT2D eigenvalue weighted by atomic mass is 10.0. The second-order valence-corrected chi connectivity index (χ2v) is 8.95. The third kappa shape index (κ3) is 5.05. The molecule has 0 aliphatic carbocycles. The molecule has 0 atom stereocenters. The van der Waals surface area contributed by atoms with E-state index >= 15 is 0 Å². The number of anilines is 1. The molecule has 1 N–H and O–H groups in total. The normalized spacial score (nSPS) is 10.9. The van der Waals surface area contributed by atoms with Crippen molar-refractivity contribution >= 4 is 40.0 Å². The number of rotatable bonds is 9. The van der Waals surface area contributed by atoms with Crippen LogP contribution in [0.15, 0.2) is 57.6 Å². The Morgan fingerprint density at radius 2 is 2.03 bits per heavy atom. The highest BCUT2D eigenvalue weighted by molar-refractivity contribution is 7.99. The van der Waals surface area contributed by atoms with E-state index in [1.54, 1.807) is 35.9 Å². The number of halogens is 1. The van der Waals surface area contributed by atoms with Gasteiger partial charge in [0.05, 0.1) is 19.1 Å². The Labute approximate surface area is 203 Å². The number of benzene rings is 1. The Kier molecular flexibility index (Phi) is 7.43. The van der Waals surface area contributed by atoms with Crippen molar-refractivity contribution in [3.05, 3.63) is 59.4 Å². The maximum absolute atomic E-state index is 13.3. The van der Waals surface area contributed by atoms with Gasteiger partial charge in [-0.05, 0) is 36.2 Å². The summed E-state index contributed by atoms with van der Waals surface area (Å²) in [6, 6.07) is 9.35. The maximum atomic E-state index is 13.3. The first-order valence-electron chi connectivity index (χ1n) is 10.4. The van der Waals surface area contributed by atoms with Crippen molar-refractivity contribution in [3.63, 3.8) is 0 Å². The van der Waals surface area contributed by atoms with E-state index in [0.29, 0.717) is 39.4 Å². The van der Waals surface area contributed by atoms with Crippen molar-refractivity contribution in [1.29, 1.82) is 0 Å². The monoisotopic (exact) mass is 500 g/mol. The van der Waals surface area contributed by atoms with Crippen LogP contribution in [0.1, 0.15) is 23.7 Å². The summed E-state index contributed by atoms with van der Waals surface area (Å²) in [6.45, 7) is 2.71. The molecule has 0 fully saturated rings. The van der Waals surface area contributed by atoms with Crippen LogP contribution in [0.4, 0.5) is 9.39 Å². The maximum Gasteiger partial charge on any atom is 0.341 e. The highest BCUT2D eigenvalue weighted by Crippen LogP contribution is 2.36. The minimum Gasteiger partial charge on any atom is -0.465 e. The molecule has 0 radical (unpaired) electrons. The Morgan fingerprint density at radius 1 is 1.24 bits per heavy atom. The van der Waals surface area contributed by atoms with Crippen molar-refractivity contribution in [2.24, 2.45) is 0 Å². The first kappa shape index (κ1) is 23.7. The number of thioether (sulfide) groups is 1. The summed E-state index contributed by atoms with van der Waals surface area (Å²) >= 11 is 2.44. The SMILES string of the molecule is CCCn1c(SCC(=O)Nc2scc(-c3ccc(F)cc3)c2C(=O)OC)nnc1-c1ccco1. The van der Waals surface area contributed by atoms with E-state index in [-0.39, 0.29) is 23.0 Å². The van der Waals surface area contributed by atoms with Gasteiger partial charge in [-0.1, -0.05) is 30.8 Å². The molecule has 0 bridgehead atoms. The van der Waals surface area contributed by atoms with Gasteiger partial charge in [0.2, 0.25) is 5.91 Å². The largest absolute Gasteiger partial charge is 0.465 e. The van der Waals surface area contributed by atoms with Crippen LogP contribution in [-0.2, 0) is 16.1 Å². The molecule has 3 heterocycles. The number of nitrogens with zero attached hydrogens (tertiary/aromatic N) is 3. The van der Waals surface area contributed by atoms with Crippen LogP contribution < -0.4 is 5.32 Å². The summed E-state index contributed by atoms with van der Waals surface area (Å²) in [4.78, 5) is 25.2. The molecule has 4 aromatic rings. The molecule has 176 valence electrons. The van der Waals surface area contributed by atoms with Crippen LogP contribution in [0.25, 0.3) is 22.7 Å². The van der Waals surface area contributed by atoms with Crippen LogP contribution in [0.3, 0.4) is 0 Å². The summed E-state index contributed by atoms with van der Waals surface area (Å²) in [5, 5.41) is 13.9. The summed E-state index contributed by atoms with van der Waals surface area (Å²) in [5.74, 6) is -0.0145. The first-order chi connectivity index (χ1) is 16.5. The number of aromatic nitrogens is 3. The van der Waals surface area contributed by atoms with Crippen molar-refractivity contribution in [3.8, 4) is 22.7 Å². The van der Waals surface area contributed by atoms with Crippen LogP contribution in [0.2, 0.25) is 0 Å². The van der Waals surface area contributed by atoms with Crippen LogP contribution >= 0.6 is 23.1 Å². The molecule has 0 saturated carbocycles. The van der Waals surface area contributed by atoms with Gasteiger partial charge in [-0.3, -0.25) is 9.36 Å². The van der Waals surface area contributed by atoms with Crippen LogP contribution in [0.5, 0.6) is 0 Å². The number of furan rings is 1. The molecule has 0 saturated heterocycles. The number of hydrogen-bond donors (Lipinski definition) is 1. The number of nitrogens with one attached hydrogen (secondary N) is 1.